The van der Waals surface area contributed by atoms with Crippen LogP contribution in [0, 0.1) is 11.7 Å². The lowest BCUT2D eigenvalue weighted by atomic mass is 9.83. The SMILES string of the molecule is CCCCNC(=O)C1CCC(=O)N(c2ccc(OC)cc2)C1c1ccc(F)cc1. The van der Waals surface area contributed by atoms with Crippen LogP contribution in [0.25, 0.3) is 0 Å². The third kappa shape index (κ3) is 4.75. The molecule has 3 rings (SSSR count). The van der Waals surface area contributed by atoms with E-state index >= 15 is 0 Å². The predicted molar refractivity (Wildman–Crippen MR) is 110 cm³/mol. The standard InChI is InChI=1S/C23H27FN2O3/c1-3-4-15-25-23(28)20-13-14-21(27)26(18-9-11-19(29-2)12-10-18)22(20)16-5-7-17(24)8-6-16/h5-12,20,22H,3-4,13-15H2,1-2H3,(H,25,28). The number of carbonyl (C=O) groups is 2. The van der Waals surface area contributed by atoms with Crippen molar-refractivity contribution in [1.29, 1.82) is 0 Å². The summed E-state index contributed by atoms with van der Waals surface area (Å²) in [5.41, 5.74) is 1.43. The molecule has 29 heavy (non-hydrogen) atoms. The highest BCUT2D eigenvalue weighted by Gasteiger charge is 2.41. The second-order valence-corrected chi connectivity index (χ2v) is 7.25. The number of nitrogens with zero attached hydrogens (tertiary/aromatic N) is 1. The van der Waals surface area contributed by atoms with Crippen molar-refractivity contribution in [3.63, 3.8) is 0 Å². The molecule has 0 saturated carbocycles. The Hall–Kier alpha value is -2.89. The van der Waals surface area contributed by atoms with Gasteiger partial charge in [0.15, 0.2) is 0 Å². The zero-order valence-corrected chi connectivity index (χ0v) is 16.9. The summed E-state index contributed by atoms with van der Waals surface area (Å²) in [5.74, 6) is -0.195. The number of nitrogens with one attached hydrogen (secondary N) is 1. The first kappa shape index (κ1) is 20.8. The smallest absolute Gasteiger partial charge is 0.227 e. The Morgan fingerprint density at radius 3 is 2.48 bits per heavy atom. The minimum Gasteiger partial charge on any atom is -0.497 e. The van der Waals surface area contributed by atoms with Crippen molar-refractivity contribution in [1.82, 2.24) is 5.32 Å². The van der Waals surface area contributed by atoms with Crippen LogP contribution in [0.15, 0.2) is 48.5 Å². The van der Waals surface area contributed by atoms with E-state index < -0.39 is 12.0 Å². The summed E-state index contributed by atoms with van der Waals surface area (Å²) >= 11 is 0. The van der Waals surface area contributed by atoms with Crippen LogP contribution in [0.3, 0.4) is 0 Å². The number of unbranched alkanes of at least 4 members (excludes halogenated alkanes) is 1. The number of amides is 2. The lowest BCUT2D eigenvalue weighted by Gasteiger charge is -2.41. The fourth-order valence-corrected chi connectivity index (χ4v) is 3.78. The molecule has 2 unspecified atom stereocenters. The first-order valence-electron chi connectivity index (χ1n) is 10.0. The lowest BCUT2D eigenvalue weighted by Crippen LogP contribution is -2.48. The minimum absolute atomic E-state index is 0.0536. The predicted octanol–water partition coefficient (Wildman–Crippen LogP) is 4.23. The van der Waals surface area contributed by atoms with Crippen LogP contribution < -0.4 is 15.0 Å². The third-order valence-electron chi connectivity index (χ3n) is 5.33. The fraction of sp³-hybridized carbons (Fsp3) is 0.391. The van der Waals surface area contributed by atoms with E-state index in [2.05, 4.69) is 12.2 Å². The number of methoxy groups -OCH3 is 1. The Morgan fingerprint density at radius 1 is 1.17 bits per heavy atom. The molecule has 1 N–H and O–H groups in total. The summed E-state index contributed by atoms with van der Waals surface area (Å²) < 4.78 is 18.7. The summed E-state index contributed by atoms with van der Waals surface area (Å²) in [4.78, 5) is 27.5. The van der Waals surface area contributed by atoms with Crippen molar-refractivity contribution in [2.45, 2.75) is 38.6 Å². The number of piperidine rings is 1. The molecule has 2 aromatic carbocycles. The van der Waals surface area contributed by atoms with E-state index in [1.165, 1.54) is 12.1 Å². The van der Waals surface area contributed by atoms with Crippen LogP contribution in [0.5, 0.6) is 5.75 Å². The van der Waals surface area contributed by atoms with Gasteiger partial charge in [0.05, 0.1) is 19.1 Å². The van der Waals surface area contributed by atoms with E-state index in [4.69, 9.17) is 4.74 Å². The Morgan fingerprint density at radius 2 is 1.86 bits per heavy atom. The zero-order chi connectivity index (χ0) is 20.8. The third-order valence-corrected chi connectivity index (χ3v) is 5.33. The molecule has 0 radical (unpaired) electrons. The first-order valence-corrected chi connectivity index (χ1v) is 10.0. The van der Waals surface area contributed by atoms with Gasteiger partial charge in [-0.1, -0.05) is 25.5 Å². The quantitative estimate of drug-likeness (QED) is 0.710. The molecule has 2 aromatic rings. The second kappa shape index (κ2) is 9.54. The zero-order valence-electron chi connectivity index (χ0n) is 16.9. The van der Waals surface area contributed by atoms with Gasteiger partial charge in [0.2, 0.25) is 11.8 Å². The van der Waals surface area contributed by atoms with Crippen LogP contribution in [-0.4, -0.2) is 25.5 Å². The van der Waals surface area contributed by atoms with E-state index in [0.29, 0.717) is 24.4 Å². The number of hydrogen-bond acceptors (Lipinski definition) is 3. The lowest BCUT2D eigenvalue weighted by molar-refractivity contribution is -0.129. The number of carbonyl (C=O) groups excluding carboxylic acids is 2. The van der Waals surface area contributed by atoms with Gasteiger partial charge in [0.1, 0.15) is 11.6 Å². The van der Waals surface area contributed by atoms with E-state index in [-0.39, 0.29) is 24.1 Å². The van der Waals surface area contributed by atoms with Crippen molar-refractivity contribution in [2.75, 3.05) is 18.6 Å². The van der Waals surface area contributed by atoms with E-state index in [0.717, 1.165) is 18.4 Å². The number of rotatable bonds is 7. The molecule has 2 atom stereocenters. The van der Waals surface area contributed by atoms with E-state index in [9.17, 15) is 14.0 Å². The molecule has 1 heterocycles. The van der Waals surface area contributed by atoms with Gasteiger partial charge in [0, 0.05) is 18.7 Å². The van der Waals surface area contributed by atoms with Gasteiger partial charge in [-0.25, -0.2) is 4.39 Å². The van der Waals surface area contributed by atoms with Crippen LogP contribution in [0.4, 0.5) is 10.1 Å². The Balaban J connectivity index is 1.98. The van der Waals surface area contributed by atoms with Gasteiger partial charge in [-0.15, -0.1) is 0 Å². The average Bonchev–Trinajstić information content (AvgIpc) is 2.74. The largest absolute Gasteiger partial charge is 0.497 e. The van der Waals surface area contributed by atoms with Crippen LogP contribution in [0.1, 0.15) is 44.2 Å². The van der Waals surface area contributed by atoms with Gasteiger partial charge in [0.25, 0.3) is 0 Å². The molecule has 0 spiro atoms. The Labute approximate surface area is 170 Å². The summed E-state index contributed by atoms with van der Waals surface area (Å²) in [7, 11) is 1.58. The highest BCUT2D eigenvalue weighted by Crippen LogP contribution is 2.40. The minimum atomic E-state index is -0.494. The fourth-order valence-electron chi connectivity index (χ4n) is 3.78. The van der Waals surface area contributed by atoms with Crippen molar-refractivity contribution < 1.29 is 18.7 Å². The van der Waals surface area contributed by atoms with Gasteiger partial charge >= 0.3 is 0 Å². The molecule has 6 heteroatoms. The summed E-state index contributed by atoms with van der Waals surface area (Å²) in [6, 6.07) is 12.7. The number of hydrogen-bond donors (Lipinski definition) is 1. The molecule has 0 bridgehead atoms. The van der Waals surface area contributed by atoms with Gasteiger partial charge in [-0.2, -0.15) is 0 Å². The summed E-state index contributed by atoms with van der Waals surface area (Å²) in [6.45, 7) is 2.68. The van der Waals surface area contributed by atoms with Gasteiger partial charge < -0.3 is 15.0 Å². The van der Waals surface area contributed by atoms with Gasteiger partial charge in [-0.05, 0) is 54.8 Å². The molecule has 2 amide bonds. The maximum Gasteiger partial charge on any atom is 0.227 e. The molecule has 5 nitrogen and oxygen atoms in total. The van der Waals surface area contributed by atoms with Crippen molar-refractivity contribution in [3.8, 4) is 5.75 Å². The molecule has 154 valence electrons. The summed E-state index contributed by atoms with van der Waals surface area (Å²) in [5, 5.41) is 3.00. The second-order valence-electron chi connectivity index (χ2n) is 7.25. The maximum atomic E-state index is 13.5. The molecule has 1 fully saturated rings. The summed E-state index contributed by atoms with van der Waals surface area (Å²) in [6.07, 6.45) is 2.64. The molecule has 1 saturated heterocycles. The van der Waals surface area contributed by atoms with Crippen LogP contribution in [-0.2, 0) is 9.59 Å². The highest BCUT2D eigenvalue weighted by atomic mass is 19.1. The normalized spacial score (nSPS) is 19.1. The van der Waals surface area contributed by atoms with Crippen LogP contribution in [0.2, 0.25) is 0 Å². The average molecular weight is 398 g/mol. The number of anilines is 1. The van der Waals surface area contributed by atoms with Crippen molar-refractivity contribution >= 4 is 17.5 Å². The number of halogens is 1. The molecule has 1 aliphatic heterocycles. The van der Waals surface area contributed by atoms with Gasteiger partial charge in [-0.3, -0.25) is 9.59 Å². The number of benzene rings is 2. The first-order chi connectivity index (χ1) is 14.0. The molecular formula is C23H27FN2O3. The number of ether oxygens (including phenoxy) is 1. The Bertz CT molecular complexity index is 836. The maximum absolute atomic E-state index is 13.5. The van der Waals surface area contributed by atoms with E-state index in [1.807, 2.05) is 12.1 Å². The molecular weight excluding hydrogens is 371 g/mol. The molecule has 1 aliphatic rings. The van der Waals surface area contributed by atoms with Crippen LogP contribution >= 0.6 is 0 Å². The van der Waals surface area contributed by atoms with Crippen molar-refractivity contribution in [3.05, 3.63) is 59.9 Å². The monoisotopic (exact) mass is 398 g/mol. The Kier molecular flexibility index (Phi) is 6.86. The topological polar surface area (TPSA) is 58.6 Å². The van der Waals surface area contributed by atoms with Crippen molar-refractivity contribution in [2.24, 2.45) is 5.92 Å². The van der Waals surface area contributed by atoms with E-state index in [1.54, 1.807) is 36.3 Å². The molecule has 0 aromatic heterocycles. The molecule has 0 aliphatic carbocycles. The highest BCUT2D eigenvalue weighted by molar-refractivity contribution is 5.97.